The van der Waals surface area contributed by atoms with Crippen LogP contribution in [0.15, 0.2) is 146 Å². The van der Waals surface area contributed by atoms with E-state index in [1.54, 1.807) is 141 Å². The molecule has 131 heavy (non-hydrogen) atoms. The van der Waals surface area contributed by atoms with Gasteiger partial charge in [0.1, 0.15) is 29.1 Å². The van der Waals surface area contributed by atoms with Gasteiger partial charge in [0.05, 0.1) is 83.0 Å². The molecule has 16 amide bonds. The van der Waals surface area contributed by atoms with Crippen molar-refractivity contribution in [1.82, 2.24) is 108 Å². The number of pyridine rings is 1. The first-order valence-corrected chi connectivity index (χ1v) is 40.9. The maximum atomic E-state index is 13.1. The lowest BCUT2D eigenvalue weighted by Crippen LogP contribution is -2.54. The molecular formula is C91H76N22O17S. The second-order valence-corrected chi connectivity index (χ2v) is 32.1. The zero-order valence-electron chi connectivity index (χ0n) is 71.2. The van der Waals surface area contributed by atoms with Crippen LogP contribution in [0.2, 0.25) is 0 Å². The first kappa shape index (κ1) is 88.4. The number of hydrogen-bond donors (Lipinski definition) is 8. The van der Waals surface area contributed by atoms with Crippen LogP contribution >= 0.6 is 11.3 Å². The quantitative estimate of drug-likeness (QED) is 0.0378. The number of benzene rings is 6. The number of nitrogens with one attached hydrogen (secondary N) is 8. The van der Waals surface area contributed by atoms with Crippen LogP contribution in [0.1, 0.15) is 134 Å². The lowest BCUT2D eigenvalue weighted by atomic mass is 9.98. The van der Waals surface area contributed by atoms with Crippen molar-refractivity contribution in [3.63, 3.8) is 0 Å². The number of aromatic nitrogens is 9. The van der Waals surface area contributed by atoms with Gasteiger partial charge in [-0.15, -0.1) is 31.7 Å². The molecule has 18 rings (SSSR count). The highest BCUT2D eigenvalue weighted by molar-refractivity contribution is 7.15. The maximum absolute atomic E-state index is 13.1. The van der Waals surface area contributed by atoms with Gasteiger partial charge >= 0.3 is 24.1 Å². The molecule has 4 atom stereocenters. The van der Waals surface area contributed by atoms with Gasteiger partial charge in [0.25, 0.3) is 47.3 Å². The van der Waals surface area contributed by atoms with Gasteiger partial charge < -0.3 is 59.8 Å². The number of tetrazole rings is 2. The number of imide groups is 4. The van der Waals surface area contributed by atoms with Crippen LogP contribution in [0.3, 0.4) is 0 Å². The molecule has 0 unspecified atom stereocenters. The Balaban J connectivity index is 0.000000134. The van der Waals surface area contributed by atoms with E-state index in [4.69, 9.17) is 18.9 Å². The molecule has 0 bridgehead atoms. The molecule has 4 fully saturated rings. The minimum Gasteiger partial charge on any atom is -0.497 e. The summed E-state index contributed by atoms with van der Waals surface area (Å²) >= 11 is 1.33. The number of ether oxygens (including phenoxy) is 4. The number of hydrogen-bond acceptors (Lipinski definition) is 26. The number of fused-ring (bicyclic) bond motifs is 4. The maximum Gasteiger partial charge on any atom is 0.323 e. The smallest absolute Gasteiger partial charge is 0.323 e. The number of carbonyl (C=O) groups is 13. The van der Waals surface area contributed by atoms with E-state index < -0.39 is 69.9 Å². The largest absolute Gasteiger partial charge is 0.497 e. The number of amides is 16. The summed E-state index contributed by atoms with van der Waals surface area (Å²) in [5.74, 6) is 22.5. The first-order chi connectivity index (χ1) is 62.8. The molecule has 39 nitrogen and oxygen atoms in total. The van der Waals surface area contributed by atoms with Gasteiger partial charge in [-0.05, 0) is 157 Å². The fraction of sp³-hybridized carbons (Fsp3) is 0.242. The minimum absolute atomic E-state index is 0.0482. The summed E-state index contributed by atoms with van der Waals surface area (Å²) in [5, 5.41) is 52.9. The summed E-state index contributed by atoms with van der Waals surface area (Å²) in [6.45, 7) is 7.86. The lowest BCUT2D eigenvalue weighted by molar-refractivity contribution is -0.123. The van der Waals surface area contributed by atoms with E-state index >= 15 is 0 Å². The van der Waals surface area contributed by atoms with Crippen molar-refractivity contribution >= 4 is 88.5 Å². The van der Waals surface area contributed by atoms with E-state index in [0.29, 0.717) is 102 Å². The number of carbonyl (C=O) groups excluding carboxylic acids is 13. The standard InChI is InChI=1S/C24H22N8O4.C23H18N4O4.C23H19N3O5.C21H17N7O4S/c1-14(2)32-29-20(28-30-32)17-8-15(10-25-11-17)6-7-24(22(34)26-23(35)27-24)13-31-12-16-4-5-18(36-3)9-19(16)21(31)33;1-14-3-4-16(11-24)15(9-14)7-8-23(21(29)25-22(30)26-23)13-27-12-17-5-6-18(31-2)10-19(17)20(27)28;1-14(27)16-5-3-15(4-6-16)9-10-23(21(29)24-22(30)25-23)13-26-12-17-7-8-18(31-2)11-19(17)20(26)28;1-27-25-17(24-26-27)16-6-5-14(33-16)7-8-21(19(30)22-20(31)23-21)11-28-10-12-3-4-13(32-2)9-15(12)18(28)29/h4-5,8-11,14H,12-13H2,1-3H3,(H2,26,27,34,35);3-6,9-10H,12-13H2,1-2H3,(H2,25,26,29,30);3-8,11H,12-13H2,1-2H3,(H2,24,25,29,30);3-6,9H,10-11H2,1-2H3,(H2,22,23,30,31)/t24-;2*23-;21-/m1111/s1. The van der Waals surface area contributed by atoms with Gasteiger partial charge in [-0.2, -0.15) is 14.9 Å². The molecule has 8 aliphatic rings. The molecule has 0 saturated carbocycles. The van der Waals surface area contributed by atoms with Crippen LogP contribution in [0.4, 0.5) is 19.2 Å². The van der Waals surface area contributed by atoms with E-state index in [9.17, 15) is 67.6 Å². The van der Waals surface area contributed by atoms with Crippen molar-refractivity contribution in [2.24, 2.45) is 7.05 Å². The van der Waals surface area contributed by atoms with Crippen LogP contribution < -0.4 is 61.5 Å². The summed E-state index contributed by atoms with van der Waals surface area (Å²) in [7, 11) is 7.75. The number of methoxy groups -OCH3 is 4. The Labute approximate surface area is 749 Å². The average molecular weight is 1780 g/mol. The number of rotatable bonds is 16. The van der Waals surface area contributed by atoms with Gasteiger partial charge in [-0.25, -0.2) is 19.2 Å². The third kappa shape index (κ3) is 18.5. The monoisotopic (exact) mass is 1780 g/mol. The Morgan fingerprint density at radius 2 is 0.863 bits per heavy atom. The van der Waals surface area contributed by atoms with Crippen LogP contribution in [0.25, 0.3) is 22.1 Å². The predicted molar refractivity (Wildman–Crippen MR) is 462 cm³/mol. The molecule has 8 aliphatic heterocycles. The first-order valence-electron chi connectivity index (χ1n) is 40.0. The summed E-state index contributed by atoms with van der Waals surface area (Å²) in [6.07, 6.45) is 3.11. The molecule has 0 radical (unpaired) electrons. The molecule has 4 saturated heterocycles. The Bertz CT molecular complexity index is 6850. The van der Waals surface area contributed by atoms with Crippen molar-refractivity contribution in [1.29, 1.82) is 5.26 Å². The van der Waals surface area contributed by atoms with E-state index in [1.165, 1.54) is 82.1 Å². The number of nitriles is 1. The lowest BCUT2D eigenvalue weighted by Gasteiger charge is -2.26. The second-order valence-electron chi connectivity index (χ2n) is 31.0. The molecule has 12 heterocycles. The number of aryl methyl sites for hydroxylation is 2. The van der Waals surface area contributed by atoms with Crippen molar-refractivity contribution in [2.45, 2.75) is 82.1 Å². The van der Waals surface area contributed by atoms with Gasteiger partial charge in [0.15, 0.2) is 5.78 Å². The molecule has 4 aromatic heterocycles. The molecule has 10 aromatic rings. The molecule has 40 heteroatoms. The van der Waals surface area contributed by atoms with Gasteiger partial charge in [0.2, 0.25) is 33.8 Å². The third-order valence-electron chi connectivity index (χ3n) is 21.7. The third-order valence-corrected chi connectivity index (χ3v) is 22.7. The SMILES string of the molecule is COc1ccc2c(c1)C(=O)N(C[C@@]1(C#Cc3cc(C)ccc3C#N)NC(=O)NC1=O)C2.COc1ccc2c(c1)C(=O)N(C[C@@]1(C#Cc3ccc(-c4nnn(C)n4)s3)NC(=O)NC1=O)C2.COc1ccc2c(c1)C(=O)N(C[C@@]1(C#Cc3ccc(C(C)=O)cc3)NC(=O)NC1=O)C2.COc1ccc2c(c1)C(=O)N(C[C@@]1(C#Cc3cncc(-c4nnn(C(C)C)n4)c3)NC(=O)NC1=O)C2. The van der Waals surface area contributed by atoms with Crippen molar-refractivity contribution < 1.29 is 81.3 Å². The number of nitrogens with zero attached hydrogens (tertiary/aromatic N) is 14. The number of ketones is 1. The Hall–Kier alpha value is -17.5. The van der Waals surface area contributed by atoms with Crippen LogP contribution in [-0.4, -0.2) is 219 Å². The van der Waals surface area contributed by atoms with Crippen LogP contribution in [-0.2, 0) is 52.4 Å². The molecule has 0 spiro atoms. The molecule has 8 N–H and O–H groups in total. The summed E-state index contributed by atoms with van der Waals surface area (Å²) in [6, 6.07) is 37.4. The van der Waals surface area contributed by atoms with E-state index in [2.05, 4.69) is 132 Å². The molecule has 0 aliphatic carbocycles. The number of urea groups is 4. The fourth-order valence-electron chi connectivity index (χ4n) is 14.9. The topological polar surface area (TPSA) is 492 Å². The van der Waals surface area contributed by atoms with Crippen molar-refractivity contribution in [3.8, 4) is 98.5 Å². The van der Waals surface area contributed by atoms with Gasteiger partial charge in [-0.3, -0.25) is 69.4 Å². The van der Waals surface area contributed by atoms with Crippen molar-refractivity contribution in [3.05, 3.63) is 229 Å². The Kier molecular flexibility index (Phi) is 24.5. The molecule has 6 aromatic carbocycles. The Morgan fingerprint density at radius 1 is 0.458 bits per heavy atom. The molecule has 658 valence electrons. The summed E-state index contributed by atoms with van der Waals surface area (Å²) in [5.41, 5.74) is 2.64. The van der Waals surface area contributed by atoms with Crippen LogP contribution in [0, 0.1) is 65.6 Å². The predicted octanol–water partition coefficient (Wildman–Crippen LogP) is 4.39. The summed E-state index contributed by atoms with van der Waals surface area (Å²) < 4.78 is 20.8. The highest BCUT2D eigenvalue weighted by Crippen LogP contribution is 2.35. The van der Waals surface area contributed by atoms with Gasteiger partial charge in [-0.1, -0.05) is 89.8 Å². The Morgan fingerprint density at radius 3 is 1.23 bits per heavy atom. The zero-order valence-corrected chi connectivity index (χ0v) is 72.0. The highest BCUT2D eigenvalue weighted by Gasteiger charge is 2.53. The second kappa shape index (κ2) is 36.3. The van der Waals surface area contributed by atoms with E-state index in [-0.39, 0.29) is 81.3 Å². The van der Waals surface area contributed by atoms with Crippen molar-refractivity contribution in [2.75, 3.05) is 54.6 Å². The molecular weight excluding hydrogens is 1710 g/mol. The zero-order chi connectivity index (χ0) is 93.0. The highest BCUT2D eigenvalue weighted by atomic mass is 32.1. The minimum atomic E-state index is -1.63. The summed E-state index contributed by atoms with van der Waals surface area (Å²) in [4.78, 5) is 176. The fourth-order valence-corrected chi connectivity index (χ4v) is 15.7. The number of thiophene rings is 1. The van der Waals surface area contributed by atoms with E-state index in [1.807, 2.05) is 26.8 Å². The normalized spacial score (nSPS) is 19.0. The average Bonchev–Trinajstić information content (AvgIpc) is 1.63. The van der Waals surface area contributed by atoms with Gasteiger partial charge in [0, 0.05) is 88.6 Å². The van der Waals surface area contributed by atoms with E-state index in [0.717, 1.165) is 32.7 Å². The number of Topliss-reactive ketones (excluding diaryl/α,β-unsaturated/α-hetero) is 1. The van der Waals surface area contributed by atoms with Crippen LogP contribution in [0.5, 0.6) is 23.0 Å².